The monoisotopic (exact) mass is 299 g/mol. The first-order valence-electron chi connectivity index (χ1n) is 5.81. The summed E-state index contributed by atoms with van der Waals surface area (Å²) in [5, 5.41) is 0. The van der Waals surface area contributed by atoms with Gasteiger partial charge in [0, 0.05) is 17.9 Å². The first-order valence-corrected chi connectivity index (χ1v) is 6.73. The zero-order valence-electron chi connectivity index (χ0n) is 9.53. The second kappa shape index (κ2) is 5.63. The Hall–Kier alpha value is -0.900. The summed E-state index contributed by atoms with van der Waals surface area (Å²) in [6.45, 7) is 1.57. The molecule has 0 bridgehead atoms. The number of hydrogen-bond acceptors (Lipinski definition) is 1. The smallest absolute Gasteiger partial charge is 0.227 e. The minimum atomic E-state index is -0.285. The van der Waals surface area contributed by atoms with Crippen molar-refractivity contribution in [2.45, 2.75) is 24.1 Å². The molecule has 1 amide bonds. The molecule has 92 valence electrons. The summed E-state index contributed by atoms with van der Waals surface area (Å²) in [5.74, 6) is -0.202. The van der Waals surface area contributed by atoms with E-state index in [0.717, 1.165) is 31.5 Å². The van der Waals surface area contributed by atoms with Crippen LogP contribution < -0.4 is 0 Å². The molecule has 0 aromatic heterocycles. The molecule has 1 fully saturated rings. The van der Waals surface area contributed by atoms with Gasteiger partial charge in [-0.3, -0.25) is 4.79 Å². The number of likely N-dealkylation sites (tertiary alicyclic amines) is 1. The second-order valence-corrected chi connectivity index (χ2v) is 5.68. The molecule has 1 heterocycles. The number of carbonyl (C=O) groups excluding carboxylic acids is 1. The highest BCUT2D eigenvalue weighted by Crippen LogP contribution is 2.17. The molecule has 0 saturated carbocycles. The van der Waals surface area contributed by atoms with Gasteiger partial charge in [-0.25, -0.2) is 4.39 Å². The predicted molar refractivity (Wildman–Crippen MR) is 68.6 cm³/mol. The fourth-order valence-electron chi connectivity index (χ4n) is 2.09. The molecule has 17 heavy (non-hydrogen) atoms. The Labute approximate surface area is 109 Å². The van der Waals surface area contributed by atoms with Crippen LogP contribution in [0.2, 0.25) is 0 Å². The van der Waals surface area contributed by atoms with Gasteiger partial charge in [-0.2, -0.15) is 0 Å². The Morgan fingerprint density at radius 1 is 1.53 bits per heavy atom. The number of hydrogen-bond donors (Lipinski definition) is 0. The second-order valence-electron chi connectivity index (χ2n) is 4.39. The van der Waals surface area contributed by atoms with Crippen molar-refractivity contribution in [2.24, 2.45) is 0 Å². The molecule has 0 N–H and O–H groups in total. The quantitative estimate of drug-likeness (QED) is 0.769. The number of nitrogens with zero attached hydrogens (tertiary/aromatic N) is 1. The van der Waals surface area contributed by atoms with Gasteiger partial charge in [0.2, 0.25) is 5.91 Å². The van der Waals surface area contributed by atoms with Crippen molar-refractivity contribution in [3.63, 3.8) is 0 Å². The lowest BCUT2D eigenvalue weighted by molar-refractivity contribution is -0.131. The molecule has 1 aromatic rings. The van der Waals surface area contributed by atoms with Crippen molar-refractivity contribution in [1.29, 1.82) is 0 Å². The van der Waals surface area contributed by atoms with Crippen LogP contribution in [0.3, 0.4) is 0 Å². The Balaban J connectivity index is 1.96. The standard InChI is InChI=1S/C13H15BrFNO/c14-11-4-2-6-16(9-11)13(17)8-10-3-1-5-12(15)7-10/h1,3,5,7,11H,2,4,6,8-9H2. The van der Waals surface area contributed by atoms with Gasteiger partial charge >= 0.3 is 0 Å². The van der Waals surface area contributed by atoms with Gasteiger partial charge in [0.15, 0.2) is 0 Å². The van der Waals surface area contributed by atoms with Crippen molar-refractivity contribution in [1.82, 2.24) is 4.90 Å². The molecule has 1 aromatic carbocycles. The van der Waals surface area contributed by atoms with Crippen molar-refractivity contribution in [3.05, 3.63) is 35.6 Å². The van der Waals surface area contributed by atoms with E-state index in [1.165, 1.54) is 12.1 Å². The van der Waals surface area contributed by atoms with E-state index in [0.29, 0.717) is 4.83 Å². The first kappa shape index (κ1) is 12.6. The van der Waals surface area contributed by atoms with Crippen LogP contribution in [0, 0.1) is 5.82 Å². The number of alkyl halides is 1. The van der Waals surface area contributed by atoms with Gasteiger partial charge in [0.25, 0.3) is 0 Å². The maximum Gasteiger partial charge on any atom is 0.227 e. The zero-order chi connectivity index (χ0) is 12.3. The van der Waals surface area contributed by atoms with Gasteiger partial charge in [-0.15, -0.1) is 0 Å². The summed E-state index contributed by atoms with van der Waals surface area (Å²) >= 11 is 3.54. The minimum absolute atomic E-state index is 0.0831. The highest BCUT2D eigenvalue weighted by Gasteiger charge is 2.21. The van der Waals surface area contributed by atoms with E-state index in [2.05, 4.69) is 15.9 Å². The van der Waals surface area contributed by atoms with E-state index < -0.39 is 0 Å². The molecule has 1 unspecified atom stereocenters. The van der Waals surface area contributed by atoms with Crippen LogP contribution in [0.1, 0.15) is 18.4 Å². The van der Waals surface area contributed by atoms with Crippen LogP contribution in [0.5, 0.6) is 0 Å². The van der Waals surface area contributed by atoms with E-state index in [9.17, 15) is 9.18 Å². The average molecular weight is 300 g/mol. The fraction of sp³-hybridized carbons (Fsp3) is 0.462. The summed E-state index contributed by atoms with van der Waals surface area (Å²) in [6, 6.07) is 6.24. The molecule has 1 aliphatic heterocycles. The normalized spacial score (nSPS) is 20.4. The molecule has 1 aliphatic rings. The number of benzene rings is 1. The first-order chi connectivity index (χ1) is 8.15. The summed E-state index contributed by atoms with van der Waals surface area (Å²) < 4.78 is 13.0. The molecule has 1 saturated heterocycles. The lowest BCUT2D eigenvalue weighted by atomic mass is 10.1. The summed E-state index contributed by atoms with van der Waals surface area (Å²) in [6.07, 6.45) is 2.44. The van der Waals surface area contributed by atoms with Crippen molar-refractivity contribution in [2.75, 3.05) is 13.1 Å². The van der Waals surface area contributed by atoms with E-state index in [4.69, 9.17) is 0 Å². The molecule has 2 rings (SSSR count). The van der Waals surface area contributed by atoms with Crippen LogP contribution in [0.15, 0.2) is 24.3 Å². The number of halogens is 2. The van der Waals surface area contributed by atoms with Crippen molar-refractivity contribution < 1.29 is 9.18 Å². The van der Waals surface area contributed by atoms with Crippen LogP contribution in [-0.4, -0.2) is 28.7 Å². The third-order valence-corrected chi connectivity index (χ3v) is 3.71. The van der Waals surface area contributed by atoms with Crippen LogP contribution >= 0.6 is 15.9 Å². The van der Waals surface area contributed by atoms with E-state index >= 15 is 0 Å². The van der Waals surface area contributed by atoms with Gasteiger partial charge in [-0.05, 0) is 30.5 Å². The predicted octanol–water partition coefficient (Wildman–Crippen LogP) is 2.75. The third kappa shape index (κ3) is 3.53. The summed E-state index contributed by atoms with van der Waals surface area (Å²) in [4.78, 5) is 14.3. The van der Waals surface area contributed by atoms with E-state index in [1.807, 2.05) is 4.90 Å². The molecule has 1 atom stereocenters. The van der Waals surface area contributed by atoms with E-state index in [1.54, 1.807) is 12.1 Å². The molecule has 0 aliphatic carbocycles. The maximum atomic E-state index is 13.0. The molecular weight excluding hydrogens is 285 g/mol. The molecular formula is C13H15BrFNO. The Kier molecular flexibility index (Phi) is 4.15. The molecule has 0 radical (unpaired) electrons. The van der Waals surface area contributed by atoms with Crippen molar-refractivity contribution in [3.8, 4) is 0 Å². The fourth-order valence-corrected chi connectivity index (χ4v) is 2.76. The van der Waals surface area contributed by atoms with Crippen molar-refractivity contribution >= 4 is 21.8 Å². The Morgan fingerprint density at radius 3 is 3.06 bits per heavy atom. The largest absolute Gasteiger partial charge is 0.341 e. The lowest BCUT2D eigenvalue weighted by Crippen LogP contribution is -2.41. The Morgan fingerprint density at radius 2 is 2.35 bits per heavy atom. The molecule has 0 spiro atoms. The van der Waals surface area contributed by atoms with Crippen LogP contribution in [-0.2, 0) is 11.2 Å². The number of rotatable bonds is 2. The van der Waals surface area contributed by atoms with Gasteiger partial charge in [0.1, 0.15) is 5.82 Å². The molecule has 4 heteroatoms. The third-order valence-electron chi connectivity index (χ3n) is 2.96. The van der Waals surface area contributed by atoms with Gasteiger partial charge < -0.3 is 4.90 Å². The summed E-state index contributed by atoms with van der Waals surface area (Å²) in [5.41, 5.74) is 0.742. The topological polar surface area (TPSA) is 20.3 Å². The van der Waals surface area contributed by atoms with Crippen LogP contribution in [0.25, 0.3) is 0 Å². The Bertz CT molecular complexity index is 410. The number of amides is 1. The molecule has 2 nitrogen and oxygen atoms in total. The number of piperidine rings is 1. The van der Waals surface area contributed by atoms with E-state index in [-0.39, 0.29) is 18.1 Å². The summed E-state index contributed by atoms with van der Waals surface area (Å²) in [7, 11) is 0. The maximum absolute atomic E-state index is 13.0. The SMILES string of the molecule is O=C(Cc1cccc(F)c1)N1CCCC(Br)C1. The minimum Gasteiger partial charge on any atom is -0.341 e. The average Bonchev–Trinajstić information content (AvgIpc) is 2.29. The number of carbonyl (C=O) groups is 1. The highest BCUT2D eigenvalue weighted by molar-refractivity contribution is 9.09. The van der Waals surface area contributed by atoms with Gasteiger partial charge in [-0.1, -0.05) is 28.1 Å². The highest BCUT2D eigenvalue weighted by atomic mass is 79.9. The van der Waals surface area contributed by atoms with Crippen LogP contribution in [0.4, 0.5) is 4.39 Å². The zero-order valence-corrected chi connectivity index (χ0v) is 11.1. The van der Waals surface area contributed by atoms with Gasteiger partial charge in [0.05, 0.1) is 6.42 Å². The lowest BCUT2D eigenvalue weighted by Gasteiger charge is -2.30.